The van der Waals surface area contributed by atoms with Crippen LogP contribution < -0.4 is 5.32 Å². The van der Waals surface area contributed by atoms with Crippen LogP contribution in [0.4, 0.5) is 0 Å². The van der Waals surface area contributed by atoms with Gasteiger partial charge in [0.1, 0.15) is 4.90 Å². The lowest BCUT2D eigenvalue weighted by atomic mass is 10.4. The molecule has 1 N–H and O–H groups in total. The van der Waals surface area contributed by atoms with E-state index in [-0.39, 0.29) is 0 Å². The summed E-state index contributed by atoms with van der Waals surface area (Å²) in [7, 11) is 5.76. The normalized spacial score (nSPS) is 12.6. The molecular weight excluding hydrogens is 264 g/mol. The molecule has 0 aliphatic heterocycles. The number of sulfonamides is 1. The van der Waals surface area contributed by atoms with Gasteiger partial charge in [0, 0.05) is 45.6 Å². The first-order valence-corrected chi connectivity index (χ1v) is 7.64. The maximum Gasteiger partial charge on any atom is 0.244 e. The summed E-state index contributed by atoms with van der Waals surface area (Å²) in [6, 6.07) is 1.72. The highest BCUT2D eigenvalue weighted by molar-refractivity contribution is 7.89. The van der Waals surface area contributed by atoms with E-state index >= 15 is 0 Å². The maximum absolute atomic E-state index is 12.4. The highest BCUT2D eigenvalue weighted by Crippen LogP contribution is 2.17. The van der Waals surface area contributed by atoms with Crippen molar-refractivity contribution in [1.82, 2.24) is 19.1 Å². The Labute approximate surface area is 116 Å². The van der Waals surface area contributed by atoms with Crippen molar-refractivity contribution in [2.45, 2.75) is 11.4 Å². The maximum atomic E-state index is 12.4. The van der Waals surface area contributed by atoms with E-state index < -0.39 is 10.0 Å². The van der Waals surface area contributed by atoms with Crippen molar-refractivity contribution < 1.29 is 8.42 Å². The Morgan fingerprint density at radius 3 is 2.42 bits per heavy atom. The van der Waals surface area contributed by atoms with Gasteiger partial charge in [0.05, 0.1) is 0 Å². The van der Waals surface area contributed by atoms with Gasteiger partial charge in [0.2, 0.25) is 10.0 Å². The lowest BCUT2D eigenvalue weighted by Crippen LogP contribution is -2.33. The number of hydrogen-bond donors (Lipinski definition) is 1. The van der Waals surface area contributed by atoms with Gasteiger partial charge in [-0.15, -0.1) is 0 Å². The first-order chi connectivity index (χ1) is 8.78. The number of nitrogens with one attached hydrogen (secondary N) is 1. The monoisotopic (exact) mass is 288 g/mol. The van der Waals surface area contributed by atoms with E-state index in [1.807, 2.05) is 37.7 Å². The summed E-state index contributed by atoms with van der Waals surface area (Å²) < 4.78 is 28.0. The quantitative estimate of drug-likeness (QED) is 0.763. The van der Waals surface area contributed by atoms with Gasteiger partial charge in [0.25, 0.3) is 0 Å². The van der Waals surface area contributed by atoms with E-state index in [9.17, 15) is 8.42 Å². The number of aryl methyl sites for hydroxylation is 1. The first kappa shape index (κ1) is 16.2. The average Bonchev–Trinajstić information content (AvgIpc) is 2.69. The molecule has 1 rings (SSSR count). The Kier molecular flexibility index (Phi) is 5.54. The molecule has 6 nitrogen and oxygen atoms in total. The molecule has 1 aromatic rings. The van der Waals surface area contributed by atoms with Crippen molar-refractivity contribution >= 4 is 10.0 Å². The fourth-order valence-electron chi connectivity index (χ4n) is 1.72. The molecule has 1 heterocycles. The Hall–Kier alpha value is -0.890. The molecule has 0 fully saturated rings. The summed E-state index contributed by atoms with van der Waals surface area (Å²) in [5, 5.41) is 3.02. The van der Waals surface area contributed by atoms with Crippen LogP contribution in [0.5, 0.6) is 0 Å². The molecule has 0 amide bonds. The summed E-state index contributed by atoms with van der Waals surface area (Å²) in [5.74, 6) is 0. The number of nitrogens with zero attached hydrogens (tertiary/aromatic N) is 3. The lowest BCUT2D eigenvalue weighted by Gasteiger charge is -2.18. The van der Waals surface area contributed by atoms with Crippen LogP contribution in [-0.4, -0.2) is 63.5 Å². The topological polar surface area (TPSA) is 57.6 Å². The van der Waals surface area contributed by atoms with Gasteiger partial charge in [-0.3, -0.25) is 0 Å². The van der Waals surface area contributed by atoms with E-state index in [0.717, 1.165) is 5.69 Å². The molecule has 0 unspecified atom stereocenters. The summed E-state index contributed by atoms with van der Waals surface area (Å²) in [6.07, 6.45) is 1.66. The molecule has 0 radical (unpaired) electrons. The van der Waals surface area contributed by atoms with Crippen LogP contribution >= 0.6 is 0 Å². The van der Waals surface area contributed by atoms with Crippen LogP contribution in [0, 0.1) is 0 Å². The van der Waals surface area contributed by atoms with E-state index in [2.05, 4.69) is 5.32 Å². The third kappa shape index (κ3) is 4.04. The van der Waals surface area contributed by atoms with E-state index in [0.29, 0.717) is 24.5 Å². The molecule has 0 saturated carbocycles. The predicted molar refractivity (Wildman–Crippen MR) is 76.5 cm³/mol. The van der Waals surface area contributed by atoms with Gasteiger partial charge in [-0.2, -0.15) is 4.31 Å². The van der Waals surface area contributed by atoms with Crippen molar-refractivity contribution in [3.8, 4) is 0 Å². The van der Waals surface area contributed by atoms with Gasteiger partial charge < -0.3 is 14.8 Å². The smallest absolute Gasteiger partial charge is 0.244 e. The summed E-state index contributed by atoms with van der Waals surface area (Å²) in [4.78, 5) is 2.31. The molecule has 0 atom stereocenters. The van der Waals surface area contributed by atoms with Gasteiger partial charge in [0.15, 0.2) is 0 Å². The number of rotatable bonds is 7. The lowest BCUT2D eigenvalue weighted by molar-refractivity contribution is 0.358. The van der Waals surface area contributed by atoms with Crippen LogP contribution in [0.2, 0.25) is 0 Å². The van der Waals surface area contributed by atoms with Crippen LogP contribution in [0.3, 0.4) is 0 Å². The standard InChI is InChI=1S/C12H24N4O2S/c1-13-9-11-8-12(10-15(11)4)19(17,18)16(5)7-6-14(2)3/h8,10,13H,6-7,9H2,1-5H3. The van der Waals surface area contributed by atoms with Crippen LogP contribution in [0.25, 0.3) is 0 Å². The predicted octanol–water partition coefficient (Wildman–Crippen LogP) is -0.0734. The van der Waals surface area contributed by atoms with Gasteiger partial charge in [-0.1, -0.05) is 0 Å². The molecule has 0 saturated heterocycles. The third-order valence-corrected chi connectivity index (χ3v) is 4.83. The van der Waals surface area contributed by atoms with E-state index in [4.69, 9.17) is 0 Å². The van der Waals surface area contributed by atoms with Gasteiger partial charge in [-0.25, -0.2) is 8.42 Å². The highest BCUT2D eigenvalue weighted by Gasteiger charge is 2.22. The highest BCUT2D eigenvalue weighted by atomic mass is 32.2. The number of aromatic nitrogens is 1. The Balaban J connectivity index is 2.90. The van der Waals surface area contributed by atoms with Crippen molar-refractivity contribution in [2.24, 2.45) is 7.05 Å². The van der Waals surface area contributed by atoms with Crippen molar-refractivity contribution in [2.75, 3.05) is 41.3 Å². The summed E-state index contributed by atoms with van der Waals surface area (Å²) >= 11 is 0. The van der Waals surface area contributed by atoms with Crippen molar-refractivity contribution in [3.63, 3.8) is 0 Å². The van der Waals surface area contributed by atoms with E-state index in [1.54, 1.807) is 19.3 Å². The third-order valence-electron chi connectivity index (χ3n) is 3.01. The fraction of sp³-hybridized carbons (Fsp3) is 0.667. The second kappa shape index (κ2) is 6.51. The molecule has 0 spiro atoms. The van der Waals surface area contributed by atoms with Gasteiger partial charge >= 0.3 is 0 Å². The molecule has 0 aliphatic carbocycles. The molecule has 0 bridgehead atoms. The Morgan fingerprint density at radius 1 is 1.26 bits per heavy atom. The minimum Gasteiger partial charge on any atom is -0.352 e. The fourth-order valence-corrected chi connectivity index (χ4v) is 2.97. The molecule has 7 heteroatoms. The van der Waals surface area contributed by atoms with Crippen molar-refractivity contribution in [1.29, 1.82) is 0 Å². The average molecular weight is 288 g/mol. The van der Waals surface area contributed by atoms with Crippen LogP contribution in [0.1, 0.15) is 5.69 Å². The van der Waals surface area contributed by atoms with Crippen LogP contribution in [0.15, 0.2) is 17.2 Å². The molecule has 0 aromatic carbocycles. The zero-order chi connectivity index (χ0) is 14.6. The first-order valence-electron chi connectivity index (χ1n) is 6.20. The zero-order valence-corrected chi connectivity index (χ0v) is 13.2. The molecular formula is C12H24N4O2S. The zero-order valence-electron chi connectivity index (χ0n) is 12.3. The molecule has 0 aliphatic rings. The van der Waals surface area contributed by atoms with Crippen LogP contribution in [-0.2, 0) is 23.6 Å². The SMILES string of the molecule is CNCc1cc(S(=O)(=O)N(C)CCN(C)C)cn1C. The largest absolute Gasteiger partial charge is 0.352 e. The van der Waals surface area contributed by atoms with Gasteiger partial charge in [-0.05, 0) is 27.2 Å². The summed E-state index contributed by atoms with van der Waals surface area (Å²) in [5.41, 5.74) is 0.946. The Bertz CT molecular complexity index is 508. The molecule has 110 valence electrons. The molecule has 1 aromatic heterocycles. The molecule has 19 heavy (non-hydrogen) atoms. The van der Waals surface area contributed by atoms with E-state index in [1.165, 1.54) is 4.31 Å². The Morgan fingerprint density at radius 2 is 1.89 bits per heavy atom. The number of hydrogen-bond acceptors (Lipinski definition) is 4. The summed E-state index contributed by atoms with van der Waals surface area (Å²) in [6.45, 7) is 1.82. The number of likely N-dealkylation sites (N-methyl/N-ethyl adjacent to an activating group) is 2. The second-order valence-electron chi connectivity index (χ2n) is 4.94. The minimum absolute atomic E-state index is 0.349. The van der Waals surface area contributed by atoms with Crippen molar-refractivity contribution in [3.05, 3.63) is 18.0 Å². The minimum atomic E-state index is -3.40. The second-order valence-corrected chi connectivity index (χ2v) is 6.98.